The van der Waals surface area contributed by atoms with Crippen molar-refractivity contribution >= 4 is 17.4 Å². The third kappa shape index (κ3) is 2.93. The first-order chi connectivity index (χ1) is 13.2. The van der Waals surface area contributed by atoms with E-state index in [1.54, 1.807) is 18.6 Å². The van der Waals surface area contributed by atoms with Gasteiger partial charge in [-0.25, -0.2) is 9.97 Å². The van der Waals surface area contributed by atoms with Crippen molar-refractivity contribution in [2.45, 2.75) is 25.8 Å². The van der Waals surface area contributed by atoms with Crippen molar-refractivity contribution in [1.29, 1.82) is 0 Å². The Morgan fingerprint density at radius 3 is 3.04 bits per heavy atom. The summed E-state index contributed by atoms with van der Waals surface area (Å²) in [6.07, 6.45) is 11.2. The predicted molar refractivity (Wildman–Crippen MR) is 101 cm³/mol. The number of pyridine rings is 1. The van der Waals surface area contributed by atoms with Crippen molar-refractivity contribution in [2.24, 2.45) is 11.8 Å². The average Bonchev–Trinajstić information content (AvgIpc) is 3.37. The highest BCUT2D eigenvalue weighted by molar-refractivity contribution is 5.93. The number of carbonyl (C=O) groups excluding carboxylic acids is 1. The second kappa shape index (κ2) is 6.33. The standard InChI is InChI=1S/C20H22N6O/c1-13-4-7-25-12-17(24-19(25)8-13)20(27)26-10-14-2-3-16(15(14)11-26)23-18-9-21-5-6-22-18/h4-9,12,14-16H,2-3,10-11H2,1H3,(H,22,23)/t14-,15+,16+/m0/s1. The second-order valence-electron chi connectivity index (χ2n) is 7.65. The molecule has 1 saturated carbocycles. The van der Waals surface area contributed by atoms with E-state index < -0.39 is 0 Å². The molecule has 2 fully saturated rings. The molecule has 3 aromatic heterocycles. The molecule has 0 bridgehead atoms. The molecule has 0 aromatic carbocycles. The number of nitrogens with zero attached hydrogens (tertiary/aromatic N) is 5. The molecule has 1 saturated heterocycles. The average molecular weight is 362 g/mol. The van der Waals surface area contributed by atoms with Crippen LogP contribution in [0.4, 0.5) is 5.82 Å². The summed E-state index contributed by atoms with van der Waals surface area (Å²) in [4.78, 5) is 28.0. The van der Waals surface area contributed by atoms with Crippen molar-refractivity contribution in [3.8, 4) is 0 Å². The predicted octanol–water partition coefficient (Wildman–Crippen LogP) is 2.40. The van der Waals surface area contributed by atoms with E-state index in [-0.39, 0.29) is 5.91 Å². The van der Waals surface area contributed by atoms with E-state index in [4.69, 9.17) is 0 Å². The van der Waals surface area contributed by atoms with E-state index in [2.05, 4.69) is 20.3 Å². The van der Waals surface area contributed by atoms with Gasteiger partial charge in [0.25, 0.3) is 5.91 Å². The zero-order valence-corrected chi connectivity index (χ0v) is 15.2. The Balaban J connectivity index is 1.31. The molecule has 4 heterocycles. The highest BCUT2D eigenvalue weighted by atomic mass is 16.2. The molecule has 1 N–H and O–H groups in total. The van der Waals surface area contributed by atoms with Crippen LogP contribution >= 0.6 is 0 Å². The molecule has 5 rings (SSSR count). The maximum Gasteiger partial charge on any atom is 0.274 e. The lowest BCUT2D eigenvalue weighted by molar-refractivity contribution is 0.0775. The molecule has 1 aliphatic heterocycles. The normalized spacial score (nSPS) is 24.3. The summed E-state index contributed by atoms with van der Waals surface area (Å²) < 4.78 is 1.91. The Labute approximate surface area is 157 Å². The fourth-order valence-electron chi connectivity index (χ4n) is 4.52. The largest absolute Gasteiger partial charge is 0.366 e. The van der Waals surface area contributed by atoms with Gasteiger partial charge in [-0.05, 0) is 43.4 Å². The maximum atomic E-state index is 13.0. The maximum absolute atomic E-state index is 13.0. The van der Waals surface area contributed by atoms with Gasteiger partial charge in [0.05, 0.1) is 6.20 Å². The third-order valence-corrected chi connectivity index (χ3v) is 5.88. The van der Waals surface area contributed by atoms with E-state index in [1.165, 1.54) is 0 Å². The Bertz CT molecular complexity index is 985. The summed E-state index contributed by atoms with van der Waals surface area (Å²) in [5.74, 6) is 1.84. The fraction of sp³-hybridized carbons (Fsp3) is 0.400. The zero-order chi connectivity index (χ0) is 18.4. The minimum Gasteiger partial charge on any atom is -0.366 e. The number of imidazole rings is 1. The molecule has 7 nitrogen and oxygen atoms in total. The Morgan fingerprint density at radius 2 is 2.19 bits per heavy atom. The van der Waals surface area contributed by atoms with Gasteiger partial charge in [-0.2, -0.15) is 0 Å². The van der Waals surface area contributed by atoms with Crippen molar-refractivity contribution in [3.63, 3.8) is 0 Å². The highest BCUT2D eigenvalue weighted by Gasteiger charge is 2.44. The monoisotopic (exact) mass is 362 g/mol. The highest BCUT2D eigenvalue weighted by Crippen LogP contribution is 2.39. The lowest BCUT2D eigenvalue weighted by Crippen LogP contribution is -2.33. The Kier molecular flexibility index (Phi) is 3.81. The summed E-state index contributed by atoms with van der Waals surface area (Å²) in [5.41, 5.74) is 2.49. The molecule has 0 unspecified atom stereocenters. The van der Waals surface area contributed by atoms with E-state index in [0.717, 1.165) is 43.0 Å². The van der Waals surface area contributed by atoms with Crippen LogP contribution in [0.2, 0.25) is 0 Å². The topological polar surface area (TPSA) is 75.4 Å². The van der Waals surface area contributed by atoms with E-state index in [1.807, 2.05) is 40.8 Å². The zero-order valence-electron chi connectivity index (χ0n) is 15.2. The lowest BCUT2D eigenvalue weighted by atomic mass is 9.98. The van der Waals surface area contributed by atoms with Crippen LogP contribution in [0.1, 0.15) is 28.9 Å². The number of aromatic nitrogens is 4. The number of hydrogen-bond donors (Lipinski definition) is 1. The summed E-state index contributed by atoms with van der Waals surface area (Å²) in [6.45, 7) is 3.62. The van der Waals surface area contributed by atoms with Gasteiger partial charge in [0, 0.05) is 49.8 Å². The summed E-state index contributed by atoms with van der Waals surface area (Å²) in [5, 5.41) is 3.51. The molecule has 7 heteroatoms. The molecular weight excluding hydrogens is 340 g/mol. The van der Waals surface area contributed by atoms with Crippen molar-refractivity contribution in [1.82, 2.24) is 24.3 Å². The van der Waals surface area contributed by atoms with Crippen molar-refractivity contribution in [2.75, 3.05) is 18.4 Å². The van der Waals surface area contributed by atoms with Gasteiger partial charge < -0.3 is 14.6 Å². The number of carbonyl (C=O) groups is 1. The number of amides is 1. The summed E-state index contributed by atoms with van der Waals surface area (Å²) >= 11 is 0. The van der Waals surface area contributed by atoms with Gasteiger partial charge in [-0.15, -0.1) is 0 Å². The number of fused-ring (bicyclic) bond motifs is 2. The first-order valence-corrected chi connectivity index (χ1v) is 9.44. The number of likely N-dealkylation sites (tertiary alicyclic amines) is 1. The quantitative estimate of drug-likeness (QED) is 0.774. The smallest absolute Gasteiger partial charge is 0.274 e. The molecule has 0 radical (unpaired) electrons. The molecule has 2 aliphatic rings. The molecule has 3 aromatic rings. The Morgan fingerprint density at radius 1 is 1.26 bits per heavy atom. The second-order valence-corrected chi connectivity index (χ2v) is 7.65. The van der Waals surface area contributed by atoms with Gasteiger partial charge in [0.1, 0.15) is 17.2 Å². The first-order valence-electron chi connectivity index (χ1n) is 9.44. The fourth-order valence-corrected chi connectivity index (χ4v) is 4.52. The van der Waals surface area contributed by atoms with Crippen LogP contribution in [0.3, 0.4) is 0 Å². The van der Waals surface area contributed by atoms with Crippen LogP contribution in [-0.4, -0.2) is 49.3 Å². The van der Waals surface area contributed by atoms with Crippen molar-refractivity contribution in [3.05, 3.63) is 54.4 Å². The number of rotatable bonds is 3. The molecule has 0 spiro atoms. The van der Waals surface area contributed by atoms with E-state index in [0.29, 0.717) is 23.6 Å². The van der Waals surface area contributed by atoms with Crippen LogP contribution < -0.4 is 5.32 Å². The molecule has 1 amide bonds. The number of hydrogen-bond acceptors (Lipinski definition) is 5. The third-order valence-electron chi connectivity index (χ3n) is 5.88. The van der Waals surface area contributed by atoms with Crippen LogP contribution in [0.5, 0.6) is 0 Å². The molecule has 138 valence electrons. The van der Waals surface area contributed by atoms with Crippen molar-refractivity contribution < 1.29 is 4.79 Å². The van der Waals surface area contributed by atoms with Crippen LogP contribution in [-0.2, 0) is 0 Å². The SMILES string of the molecule is Cc1ccn2cc(C(=O)N3C[C@@H]4CC[C@@H](Nc5cnccn5)[C@@H]4C3)nc2c1. The minimum atomic E-state index is 0.0315. The van der Waals surface area contributed by atoms with Crippen LogP contribution in [0.15, 0.2) is 43.1 Å². The molecule has 1 aliphatic carbocycles. The molecule has 27 heavy (non-hydrogen) atoms. The van der Waals surface area contributed by atoms with Gasteiger partial charge in [0.2, 0.25) is 0 Å². The van der Waals surface area contributed by atoms with Gasteiger partial charge in [-0.1, -0.05) is 0 Å². The van der Waals surface area contributed by atoms with E-state index in [9.17, 15) is 4.79 Å². The molecular formula is C20H22N6O. The number of nitrogens with one attached hydrogen (secondary N) is 1. The number of aryl methyl sites for hydroxylation is 1. The van der Waals surface area contributed by atoms with Gasteiger partial charge in [0.15, 0.2) is 0 Å². The van der Waals surface area contributed by atoms with E-state index >= 15 is 0 Å². The van der Waals surface area contributed by atoms with Gasteiger partial charge >= 0.3 is 0 Å². The number of anilines is 1. The van der Waals surface area contributed by atoms with Gasteiger partial charge in [-0.3, -0.25) is 9.78 Å². The van der Waals surface area contributed by atoms with Crippen LogP contribution in [0.25, 0.3) is 5.65 Å². The first kappa shape index (κ1) is 16.2. The minimum absolute atomic E-state index is 0.0315. The summed E-state index contributed by atoms with van der Waals surface area (Å²) in [6, 6.07) is 4.36. The molecule has 3 atom stereocenters. The van der Waals surface area contributed by atoms with Crippen LogP contribution in [0, 0.1) is 18.8 Å². The lowest BCUT2D eigenvalue weighted by Gasteiger charge is -2.21. The Hall–Kier alpha value is -2.96. The summed E-state index contributed by atoms with van der Waals surface area (Å²) in [7, 11) is 0.